The van der Waals surface area contributed by atoms with Gasteiger partial charge in [0, 0.05) is 18.6 Å². The number of sulfone groups is 1. The summed E-state index contributed by atoms with van der Waals surface area (Å²) in [6.45, 7) is 1.03. The average Bonchev–Trinajstić information content (AvgIpc) is 3.12. The van der Waals surface area contributed by atoms with Gasteiger partial charge in [0.1, 0.15) is 11.5 Å². The third-order valence-corrected chi connectivity index (χ3v) is 9.74. The lowest BCUT2D eigenvalue weighted by atomic mass is 9.53. The van der Waals surface area contributed by atoms with Gasteiger partial charge in [0.2, 0.25) is 0 Å². The lowest BCUT2D eigenvalue weighted by Crippen LogP contribution is -2.62. The lowest BCUT2D eigenvalue weighted by Gasteiger charge is -2.57. The van der Waals surface area contributed by atoms with Gasteiger partial charge in [-0.25, -0.2) is 13.2 Å². The van der Waals surface area contributed by atoms with Crippen LogP contribution in [0.1, 0.15) is 57.1 Å². The summed E-state index contributed by atoms with van der Waals surface area (Å²) >= 11 is 0. The van der Waals surface area contributed by atoms with E-state index in [-0.39, 0.29) is 22.6 Å². The zero-order chi connectivity index (χ0) is 19.4. The molecule has 0 aromatic carbocycles. The molecule has 28 heavy (non-hydrogen) atoms. The molecule has 1 saturated heterocycles. The predicted octanol–water partition coefficient (Wildman–Crippen LogP) is 3.34. The van der Waals surface area contributed by atoms with Crippen molar-refractivity contribution in [2.75, 3.05) is 13.1 Å². The first-order chi connectivity index (χ1) is 13.4. The molecule has 2 amide bonds. The average molecular weight is 407 g/mol. The lowest BCUT2D eigenvalue weighted by molar-refractivity contribution is -0.0159. The number of nitrogens with zero attached hydrogens (tertiary/aromatic N) is 1. The molecule has 4 aliphatic carbocycles. The zero-order valence-corrected chi connectivity index (χ0v) is 17.1. The Balaban J connectivity index is 1.17. The van der Waals surface area contributed by atoms with Gasteiger partial charge in [-0.1, -0.05) is 0 Å². The van der Waals surface area contributed by atoms with E-state index in [4.69, 9.17) is 4.42 Å². The predicted molar refractivity (Wildman–Crippen MR) is 105 cm³/mol. The van der Waals surface area contributed by atoms with Crippen molar-refractivity contribution in [3.8, 4) is 0 Å². The Hall–Kier alpha value is -1.50. The number of amides is 2. The Morgan fingerprint density at radius 1 is 1.11 bits per heavy atom. The molecule has 0 atom stereocenters. The quantitative estimate of drug-likeness (QED) is 0.832. The smallest absolute Gasteiger partial charge is 0.317 e. The molecular weight excluding hydrogens is 376 g/mol. The van der Waals surface area contributed by atoms with E-state index in [1.54, 1.807) is 12.1 Å². The summed E-state index contributed by atoms with van der Waals surface area (Å²) in [4.78, 5) is 14.8. The van der Waals surface area contributed by atoms with Gasteiger partial charge in [0.25, 0.3) is 0 Å². The highest BCUT2D eigenvalue weighted by Gasteiger charge is 2.52. The van der Waals surface area contributed by atoms with Crippen LogP contribution in [0.2, 0.25) is 0 Å². The van der Waals surface area contributed by atoms with Crippen LogP contribution in [0.3, 0.4) is 0 Å². The van der Waals surface area contributed by atoms with E-state index < -0.39 is 9.84 Å². The van der Waals surface area contributed by atoms with E-state index in [1.165, 1.54) is 25.5 Å². The molecule has 1 aromatic heterocycles. The second-order valence-corrected chi connectivity index (χ2v) is 12.0. The molecule has 1 aliphatic heterocycles. The van der Waals surface area contributed by atoms with Gasteiger partial charge in [0.05, 0.1) is 11.5 Å². The zero-order valence-electron chi connectivity index (χ0n) is 16.3. The van der Waals surface area contributed by atoms with Crippen LogP contribution in [0.4, 0.5) is 4.79 Å². The van der Waals surface area contributed by atoms with Crippen LogP contribution in [0.15, 0.2) is 22.8 Å². The fourth-order valence-corrected chi connectivity index (χ4v) is 8.42. The maximum atomic E-state index is 12.9. The first-order valence-electron chi connectivity index (χ1n) is 10.7. The molecule has 6 rings (SSSR count). The van der Waals surface area contributed by atoms with E-state index in [0.29, 0.717) is 31.7 Å². The molecule has 7 heteroatoms. The van der Waals surface area contributed by atoms with Crippen molar-refractivity contribution in [3.63, 3.8) is 0 Å². The summed E-state index contributed by atoms with van der Waals surface area (Å²) in [6.07, 6.45) is 10.0. The standard InChI is InChI=1S/C21H30N2O4S/c24-20(22-21-11-15-8-16(12-21)10-17(9-15)13-21)23-5-3-19(4-6-23)28(25,26)14-18-2-1-7-27-18/h1-2,7,15-17,19H,3-6,8-14H2,(H,22,24). The highest BCUT2D eigenvalue weighted by Crippen LogP contribution is 2.55. The van der Waals surface area contributed by atoms with E-state index in [9.17, 15) is 13.2 Å². The summed E-state index contributed by atoms with van der Waals surface area (Å²) in [5, 5.41) is 3.02. The fraction of sp³-hybridized carbons (Fsp3) is 0.762. The largest absolute Gasteiger partial charge is 0.468 e. The minimum absolute atomic E-state index is 0.00798. The first-order valence-corrected chi connectivity index (χ1v) is 12.4. The molecule has 154 valence electrons. The minimum atomic E-state index is -3.25. The molecule has 5 aliphatic rings. The van der Waals surface area contributed by atoms with Crippen LogP contribution >= 0.6 is 0 Å². The van der Waals surface area contributed by atoms with E-state index in [0.717, 1.165) is 37.0 Å². The summed E-state index contributed by atoms with van der Waals surface area (Å²) < 4.78 is 30.5. The molecule has 4 bridgehead atoms. The number of furan rings is 1. The molecule has 1 aromatic rings. The summed E-state index contributed by atoms with van der Waals surface area (Å²) in [6, 6.07) is 3.43. The maximum absolute atomic E-state index is 12.9. The Kier molecular flexibility index (Phi) is 4.49. The van der Waals surface area contributed by atoms with Gasteiger partial charge >= 0.3 is 6.03 Å². The van der Waals surface area contributed by atoms with Crippen LogP contribution in [0, 0.1) is 17.8 Å². The number of likely N-dealkylation sites (tertiary alicyclic amines) is 1. The first kappa shape index (κ1) is 18.5. The molecule has 6 nitrogen and oxygen atoms in total. The summed E-state index contributed by atoms with van der Waals surface area (Å²) in [5.41, 5.74) is 0.00798. The van der Waals surface area contributed by atoms with Crippen molar-refractivity contribution >= 4 is 15.9 Å². The van der Waals surface area contributed by atoms with Crippen molar-refractivity contribution in [1.29, 1.82) is 0 Å². The molecule has 0 unspecified atom stereocenters. The Morgan fingerprint density at radius 3 is 2.25 bits per heavy atom. The van der Waals surface area contributed by atoms with Gasteiger partial charge in [-0.05, 0) is 81.3 Å². The molecule has 1 N–H and O–H groups in total. The maximum Gasteiger partial charge on any atom is 0.317 e. The monoisotopic (exact) mass is 406 g/mol. The molecule has 2 heterocycles. The third kappa shape index (κ3) is 3.46. The van der Waals surface area contributed by atoms with Crippen LogP contribution in [-0.4, -0.2) is 43.2 Å². The molecular formula is C21H30N2O4S. The number of nitrogens with one attached hydrogen (secondary N) is 1. The Bertz CT molecular complexity index is 789. The van der Waals surface area contributed by atoms with Gasteiger partial charge in [-0.3, -0.25) is 0 Å². The van der Waals surface area contributed by atoms with Gasteiger partial charge in [-0.15, -0.1) is 0 Å². The highest BCUT2D eigenvalue weighted by atomic mass is 32.2. The minimum Gasteiger partial charge on any atom is -0.468 e. The van der Waals surface area contributed by atoms with Crippen molar-refractivity contribution in [3.05, 3.63) is 24.2 Å². The Labute approximate surface area is 167 Å². The number of hydrogen-bond donors (Lipinski definition) is 1. The van der Waals surface area contributed by atoms with E-state index in [2.05, 4.69) is 5.32 Å². The topological polar surface area (TPSA) is 79.6 Å². The normalized spacial score (nSPS) is 35.3. The Morgan fingerprint density at radius 2 is 1.71 bits per heavy atom. The van der Waals surface area contributed by atoms with Gasteiger partial charge in [0.15, 0.2) is 9.84 Å². The number of urea groups is 1. The number of hydrogen-bond acceptors (Lipinski definition) is 4. The van der Waals surface area contributed by atoms with Crippen molar-refractivity contribution in [2.24, 2.45) is 17.8 Å². The molecule has 0 radical (unpaired) electrons. The molecule has 5 fully saturated rings. The molecule has 0 spiro atoms. The van der Waals surface area contributed by atoms with Crippen LogP contribution in [0.5, 0.6) is 0 Å². The van der Waals surface area contributed by atoms with Crippen LogP contribution in [-0.2, 0) is 15.6 Å². The second kappa shape index (κ2) is 6.78. The van der Waals surface area contributed by atoms with E-state index >= 15 is 0 Å². The van der Waals surface area contributed by atoms with Crippen molar-refractivity contribution < 1.29 is 17.6 Å². The van der Waals surface area contributed by atoms with Crippen molar-refractivity contribution in [2.45, 2.75) is 67.9 Å². The fourth-order valence-electron chi connectivity index (χ4n) is 6.70. The molecule has 4 saturated carbocycles. The summed E-state index contributed by atoms with van der Waals surface area (Å²) in [5.74, 6) is 2.82. The van der Waals surface area contributed by atoms with Gasteiger partial charge < -0.3 is 14.6 Å². The van der Waals surface area contributed by atoms with Crippen LogP contribution < -0.4 is 5.32 Å². The number of carbonyl (C=O) groups is 1. The highest BCUT2D eigenvalue weighted by molar-refractivity contribution is 7.91. The number of carbonyl (C=O) groups excluding carboxylic acids is 1. The van der Waals surface area contributed by atoms with E-state index in [1.807, 2.05) is 4.90 Å². The third-order valence-electron chi connectivity index (χ3n) is 7.57. The SMILES string of the molecule is O=C(NC12CC3CC(CC(C3)C1)C2)N1CCC(S(=O)(=O)Cc2ccco2)CC1. The summed E-state index contributed by atoms with van der Waals surface area (Å²) in [7, 11) is -3.25. The number of piperidine rings is 1. The van der Waals surface area contributed by atoms with Gasteiger partial charge in [-0.2, -0.15) is 0 Å². The second-order valence-electron chi connectivity index (χ2n) is 9.70. The van der Waals surface area contributed by atoms with Crippen LogP contribution in [0.25, 0.3) is 0 Å². The van der Waals surface area contributed by atoms with Crippen molar-refractivity contribution in [1.82, 2.24) is 10.2 Å². The number of rotatable bonds is 4.